The molecule has 0 aliphatic rings. The topological polar surface area (TPSA) is 34.0 Å². The Morgan fingerprint density at radius 2 is 1.74 bits per heavy atom. The van der Waals surface area contributed by atoms with Gasteiger partial charge in [0.2, 0.25) is 0 Å². The Kier molecular flexibility index (Phi) is 3.98. The van der Waals surface area contributed by atoms with Crippen LogP contribution >= 0.6 is 0 Å². The van der Waals surface area contributed by atoms with Crippen molar-refractivity contribution in [2.75, 3.05) is 5.32 Å². The van der Waals surface area contributed by atoms with Gasteiger partial charge in [0.05, 0.1) is 5.69 Å². The van der Waals surface area contributed by atoms with Crippen molar-refractivity contribution in [1.29, 1.82) is 0 Å². The van der Waals surface area contributed by atoms with E-state index in [1.165, 1.54) is 6.07 Å². The SMILES string of the molecule is Cc1ccc(C(=O)Nc2cc(-n3cccc3)ccc2F)cc1C. The minimum absolute atomic E-state index is 0.166. The van der Waals surface area contributed by atoms with Gasteiger partial charge in [0.25, 0.3) is 5.91 Å². The predicted octanol–water partition coefficient (Wildman–Crippen LogP) is 4.49. The van der Waals surface area contributed by atoms with Gasteiger partial charge in [-0.05, 0) is 67.4 Å². The van der Waals surface area contributed by atoms with Crippen molar-refractivity contribution >= 4 is 11.6 Å². The summed E-state index contributed by atoms with van der Waals surface area (Å²) in [4.78, 5) is 12.3. The van der Waals surface area contributed by atoms with E-state index >= 15 is 0 Å². The van der Waals surface area contributed by atoms with Crippen LogP contribution in [-0.2, 0) is 0 Å². The first kappa shape index (κ1) is 15.0. The van der Waals surface area contributed by atoms with Crippen LogP contribution in [0, 0.1) is 19.7 Å². The van der Waals surface area contributed by atoms with Crippen molar-refractivity contribution in [1.82, 2.24) is 4.57 Å². The van der Waals surface area contributed by atoms with E-state index in [-0.39, 0.29) is 11.6 Å². The molecule has 2 aromatic carbocycles. The fourth-order valence-corrected chi connectivity index (χ4v) is 2.35. The number of benzene rings is 2. The molecular weight excluding hydrogens is 291 g/mol. The summed E-state index contributed by atoms with van der Waals surface area (Å²) in [6.07, 6.45) is 3.73. The van der Waals surface area contributed by atoms with Crippen LogP contribution in [0.2, 0.25) is 0 Å². The molecule has 116 valence electrons. The number of hydrogen-bond donors (Lipinski definition) is 1. The summed E-state index contributed by atoms with van der Waals surface area (Å²) >= 11 is 0. The minimum atomic E-state index is -0.460. The van der Waals surface area contributed by atoms with E-state index in [0.717, 1.165) is 16.8 Å². The van der Waals surface area contributed by atoms with Gasteiger partial charge in [-0.2, -0.15) is 0 Å². The van der Waals surface area contributed by atoms with Crippen LogP contribution < -0.4 is 5.32 Å². The summed E-state index contributed by atoms with van der Waals surface area (Å²) in [6, 6.07) is 13.8. The van der Waals surface area contributed by atoms with E-state index in [0.29, 0.717) is 5.56 Å². The van der Waals surface area contributed by atoms with Gasteiger partial charge in [-0.1, -0.05) is 6.07 Å². The Morgan fingerprint density at radius 3 is 2.43 bits per heavy atom. The van der Waals surface area contributed by atoms with Crippen LogP contribution in [0.15, 0.2) is 60.9 Å². The lowest BCUT2D eigenvalue weighted by atomic mass is 10.1. The van der Waals surface area contributed by atoms with Crippen molar-refractivity contribution in [2.45, 2.75) is 13.8 Å². The molecular formula is C19H17FN2O. The highest BCUT2D eigenvalue weighted by atomic mass is 19.1. The van der Waals surface area contributed by atoms with Crippen molar-refractivity contribution in [3.63, 3.8) is 0 Å². The summed E-state index contributed by atoms with van der Waals surface area (Å²) in [7, 11) is 0. The molecule has 0 fully saturated rings. The molecule has 1 N–H and O–H groups in total. The molecule has 3 rings (SSSR count). The van der Waals surface area contributed by atoms with Crippen LogP contribution in [0.1, 0.15) is 21.5 Å². The lowest BCUT2D eigenvalue weighted by Gasteiger charge is -2.10. The molecule has 23 heavy (non-hydrogen) atoms. The number of nitrogens with one attached hydrogen (secondary N) is 1. The molecule has 0 radical (unpaired) electrons. The van der Waals surface area contributed by atoms with Gasteiger partial charge < -0.3 is 9.88 Å². The van der Waals surface area contributed by atoms with Crippen LogP contribution in [-0.4, -0.2) is 10.5 Å². The van der Waals surface area contributed by atoms with Gasteiger partial charge in [-0.25, -0.2) is 4.39 Å². The van der Waals surface area contributed by atoms with E-state index in [9.17, 15) is 9.18 Å². The Labute approximate surface area is 134 Å². The molecule has 1 aromatic heterocycles. The molecule has 0 saturated heterocycles. The fourth-order valence-electron chi connectivity index (χ4n) is 2.35. The van der Waals surface area contributed by atoms with Gasteiger partial charge in [-0.3, -0.25) is 4.79 Å². The molecule has 0 spiro atoms. The number of nitrogens with zero attached hydrogens (tertiary/aromatic N) is 1. The second-order valence-corrected chi connectivity index (χ2v) is 5.51. The van der Waals surface area contributed by atoms with Gasteiger partial charge in [-0.15, -0.1) is 0 Å². The summed E-state index contributed by atoms with van der Waals surface area (Å²) < 4.78 is 15.9. The molecule has 0 saturated carbocycles. The molecule has 3 aromatic rings. The van der Waals surface area contributed by atoms with Crippen LogP contribution in [0.25, 0.3) is 5.69 Å². The lowest BCUT2D eigenvalue weighted by molar-refractivity contribution is 0.102. The summed E-state index contributed by atoms with van der Waals surface area (Å²) in [6.45, 7) is 3.93. The number of aryl methyl sites for hydroxylation is 2. The first-order valence-electron chi connectivity index (χ1n) is 7.36. The Hall–Kier alpha value is -2.88. The molecule has 0 atom stereocenters. The third-order valence-electron chi connectivity index (χ3n) is 3.87. The number of hydrogen-bond acceptors (Lipinski definition) is 1. The number of carbonyl (C=O) groups excluding carboxylic acids is 1. The number of carbonyl (C=O) groups is 1. The zero-order valence-corrected chi connectivity index (χ0v) is 13.0. The monoisotopic (exact) mass is 308 g/mol. The van der Waals surface area contributed by atoms with Crippen molar-refractivity contribution in [2.24, 2.45) is 0 Å². The number of amides is 1. The first-order chi connectivity index (χ1) is 11.0. The molecule has 4 heteroatoms. The Morgan fingerprint density at radius 1 is 1.00 bits per heavy atom. The van der Waals surface area contributed by atoms with Gasteiger partial charge in [0, 0.05) is 23.6 Å². The van der Waals surface area contributed by atoms with Gasteiger partial charge in [0.15, 0.2) is 0 Å². The highest BCUT2D eigenvalue weighted by Crippen LogP contribution is 2.20. The molecule has 0 unspecified atom stereocenters. The first-order valence-corrected chi connectivity index (χ1v) is 7.36. The standard InChI is InChI=1S/C19H17FN2O/c1-13-5-6-15(11-14(13)2)19(23)21-18-12-16(7-8-17(18)20)22-9-3-4-10-22/h3-12H,1-2H3,(H,21,23). The quantitative estimate of drug-likeness (QED) is 0.760. The fraction of sp³-hybridized carbons (Fsp3) is 0.105. The van der Waals surface area contributed by atoms with Crippen molar-refractivity contribution in [3.05, 3.63) is 83.4 Å². The normalized spacial score (nSPS) is 10.6. The predicted molar refractivity (Wildman–Crippen MR) is 89.6 cm³/mol. The summed E-state index contributed by atoms with van der Waals surface area (Å²) in [5.41, 5.74) is 3.60. The maximum Gasteiger partial charge on any atom is 0.255 e. The van der Waals surface area contributed by atoms with Crippen LogP contribution in [0.3, 0.4) is 0 Å². The smallest absolute Gasteiger partial charge is 0.255 e. The Bertz CT molecular complexity index is 854. The molecule has 3 nitrogen and oxygen atoms in total. The number of halogens is 1. The Balaban J connectivity index is 1.88. The third-order valence-corrected chi connectivity index (χ3v) is 3.87. The molecule has 0 aliphatic heterocycles. The number of anilines is 1. The maximum absolute atomic E-state index is 14.0. The highest BCUT2D eigenvalue weighted by Gasteiger charge is 2.11. The molecule has 0 bridgehead atoms. The molecule has 1 heterocycles. The molecule has 1 amide bonds. The van der Waals surface area contributed by atoms with E-state index < -0.39 is 5.82 Å². The third kappa shape index (κ3) is 3.16. The van der Waals surface area contributed by atoms with Crippen LogP contribution in [0.4, 0.5) is 10.1 Å². The second-order valence-electron chi connectivity index (χ2n) is 5.51. The average molecular weight is 308 g/mol. The van der Waals surface area contributed by atoms with Crippen molar-refractivity contribution in [3.8, 4) is 5.69 Å². The second kappa shape index (κ2) is 6.08. The molecule has 0 aliphatic carbocycles. The maximum atomic E-state index is 14.0. The zero-order valence-electron chi connectivity index (χ0n) is 13.0. The van der Waals surface area contributed by atoms with Gasteiger partial charge in [0.1, 0.15) is 5.82 Å². The average Bonchev–Trinajstić information content (AvgIpc) is 3.06. The number of aromatic nitrogens is 1. The highest BCUT2D eigenvalue weighted by molar-refractivity contribution is 6.04. The van der Waals surface area contributed by atoms with E-state index in [1.54, 1.807) is 24.3 Å². The summed E-state index contributed by atoms with van der Waals surface area (Å²) in [5.74, 6) is -0.783. The lowest BCUT2D eigenvalue weighted by Crippen LogP contribution is -2.13. The van der Waals surface area contributed by atoms with E-state index in [4.69, 9.17) is 0 Å². The zero-order chi connectivity index (χ0) is 16.4. The minimum Gasteiger partial charge on any atom is -0.324 e. The summed E-state index contributed by atoms with van der Waals surface area (Å²) in [5, 5.41) is 2.65. The van der Waals surface area contributed by atoms with E-state index in [2.05, 4.69) is 5.32 Å². The van der Waals surface area contributed by atoms with E-state index in [1.807, 2.05) is 49.0 Å². The number of rotatable bonds is 3. The van der Waals surface area contributed by atoms with Crippen LogP contribution in [0.5, 0.6) is 0 Å². The largest absolute Gasteiger partial charge is 0.324 e. The van der Waals surface area contributed by atoms with Crippen molar-refractivity contribution < 1.29 is 9.18 Å². The van der Waals surface area contributed by atoms with Gasteiger partial charge >= 0.3 is 0 Å².